The maximum atomic E-state index is 12.5. The van der Waals surface area contributed by atoms with Crippen molar-refractivity contribution in [2.24, 2.45) is 5.92 Å². The number of pyridine rings is 1. The largest absolute Gasteiger partial charge is 0.395 e. The van der Waals surface area contributed by atoms with Gasteiger partial charge in [-0.05, 0) is 37.0 Å². The van der Waals surface area contributed by atoms with Crippen LogP contribution in [0, 0.1) is 5.92 Å². The smallest absolute Gasteiger partial charge is 0.317 e. The molecule has 2 amide bonds. The molecule has 1 aromatic heterocycles. The highest BCUT2D eigenvalue weighted by molar-refractivity contribution is 5.74. The van der Waals surface area contributed by atoms with E-state index in [1.807, 2.05) is 19.1 Å². The minimum atomic E-state index is -0.0980. The summed E-state index contributed by atoms with van der Waals surface area (Å²) in [5.74, 6) is 0.732. The van der Waals surface area contributed by atoms with E-state index in [-0.39, 0.29) is 18.7 Å². The van der Waals surface area contributed by atoms with E-state index in [0.29, 0.717) is 6.54 Å². The number of nitrogens with zero attached hydrogens (tertiary/aromatic N) is 2. The Bertz CT molecular complexity index is 461. The summed E-state index contributed by atoms with van der Waals surface area (Å²) in [5.41, 5.74) is 1.03. The molecule has 1 heterocycles. The van der Waals surface area contributed by atoms with Gasteiger partial charge in [0.25, 0.3) is 0 Å². The van der Waals surface area contributed by atoms with E-state index in [2.05, 4.69) is 10.3 Å². The summed E-state index contributed by atoms with van der Waals surface area (Å²) in [6.07, 6.45) is 11.0. The molecule has 1 saturated carbocycles. The first-order valence-corrected chi connectivity index (χ1v) is 8.77. The molecular weight excluding hydrogens is 290 g/mol. The lowest BCUT2D eigenvalue weighted by Gasteiger charge is -2.28. The van der Waals surface area contributed by atoms with Crippen molar-refractivity contribution >= 4 is 6.03 Å². The van der Waals surface area contributed by atoms with E-state index >= 15 is 0 Å². The molecule has 1 aliphatic rings. The fraction of sp³-hybridized carbons (Fsp3) is 0.667. The van der Waals surface area contributed by atoms with Crippen LogP contribution in [0.5, 0.6) is 0 Å². The number of aliphatic hydroxyl groups is 1. The minimum absolute atomic E-state index is 0.00171. The topological polar surface area (TPSA) is 65.5 Å². The number of nitrogens with one attached hydrogen (secondary N) is 1. The van der Waals surface area contributed by atoms with E-state index in [4.69, 9.17) is 0 Å². The lowest BCUT2D eigenvalue weighted by molar-refractivity contribution is 0.167. The van der Waals surface area contributed by atoms with Gasteiger partial charge >= 0.3 is 6.03 Å². The van der Waals surface area contributed by atoms with Crippen LogP contribution >= 0.6 is 0 Å². The summed E-state index contributed by atoms with van der Waals surface area (Å²) in [5, 5.41) is 12.3. The number of aliphatic hydroxyl groups excluding tert-OH is 1. The first-order chi connectivity index (χ1) is 11.2. The number of aromatic nitrogens is 1. The highest BCUT2D eigenvalue weighted by Gasteiger charge is 2.19. The summed E-state index contributed by atoms with van der Waals surface area (Å²) >= 11 is 0. The van der Waals surface area contributed by atoms with Gasteiger partial charge in [-0.3, -0.25) is 4.98 Å². The van der Waals surface area contributed by atoms with Gasteiger partial charge in [-0.15, -0.1) is 0 Å². The molecule has 5 nitrogen and oxygen atoms in total. The summed E-state index contributed by atoms with van der Waals surface area (Å²) in [6.45, 7) is 3.08. The molecule has 1 atom stereocenters. The molecule has 0 bridgehead atoms. The third-order valence-electron chi connectivity index (χ3n) is 4.74. The van der Waals surface area contributed by atoms with Crippen molar-refractivity contribution in [3.63, 3.8) is 0 Å². The van der Waals surface area contributed by atoms with Gasteiger partial charge in [-0.2, -0.15) is 0 Å². The number of carbonyl (C=O) groups is 1. The molecule has 0 radical (unpaired) electrons. The lowest BCUT2D eigenvalue weighted by Crippen LogP contribution is -2.43. The Morgan fingerprint density at radius 3 is 2.65 bits per heavy atom. The van der Waals surface area contributed by atoms with E-state index in [0.717, 1.165) is 24.4 Å². The van der Waals surface area contributed by atoms with Crippen LogP contribution in [0.25, 0.3) is 0 Å². The Morgan fingerprint density at radius 2 is 2.00 bits per heavy atom. The molecule has 1 aliphatic carbocycles. The molecule has 2 rings (SSSR count). The van der Waals surface area contributed by atoms with Gasteiger partial charge in [0.2, 0.25) is 0 Å². The zero-order chi connectivity index (χ0) is 16.5. The van der Waals surface area contributed by atoms with Gasteiger partial charge in [0.05, 0.1) is 12.6 Å². The number of hydrogen-bond donors (Lipinski definition) is 2. The molecule has 2 N–H and O–H groups in total. The van der Waals surface area contributed by atoms with E-state index < -0.39 is 0 Å². The summed E-state index contributed by atoms with van der Waals surface area (Å²) in [7, 11) is 0. The molecule has 1 fully saturated rings. The normalized spacial score (nSPS) is 16.8. The van der Waals surface area contributed by atoms with Crippen LogP contribution in [0.15, 0.2) is 24.5 Å². The zero-order valence-electron chi connectivity index (χ0n) is 14.1. The van der Waals surface area contributed by atoms with Crippen LogP contribution in [0.4, 0.5) is 4.79 Å². The molecule has 0 aliphatic heterocycles. The second-order valence-corrected chi connectivity index (χ2v) is 6.46. The zero-order valence-corrected chi connectivity index (χ0v) is 14.1. The third-order valence-corrected chi connectivity index (χ3v) is 4.74. The van der Waals surface area contributed by atoms with Crippen molar-refractivity contribution in [3.8, 4) is 0 Å². The molecule has 5 heteroatoms. The van der Waals surface area contributed by atoms with Crippen molar-refractivity contribution in [2.45, 2.75) is 51.5 Å². The Labute approximate surface area is 139 Å². The molecule has 0 spiro atoms. The Kier molecular flexibility index (Phi) is 7.33. The average molecular weight is 319 g/mol. The molecule has 0 unspecified atom stereocenters. The van der Waals surface area contributed by atoms with Gasteiger partial charge in [0, 0.05) is 25.5 Å². The second-order valence-electron chi connectivity index (χ2n) is 6.46. The van der Waals surface area contributed by atoms with Crippen LogP contribution in [0.3, 0.4) is 0 Å². The van der Waals surface area contributed by atoms with Crippen LogP contribution in [-0.2, 0) is 0 Å². The molecule has 23 heavy (non-hydrogen) atoms. The molecule has 0 aromatic carbocycles. The first-order valence-electron chi connectivity index (χ1n) is 8.77. The van der Waals surface area contributed by atoms with E-state index in [9.17, 15) is 9.90 Å². The number of amides is 2. The second kappa shape index (κ2) is 9.50. The summed E-state index contributed by atoms with van der Waals surface area (Å²) < 4.78 is 0. The Hall–Kier alpha value is -1.62. The number of carbonyl (C=O) groups excluding carboxylic acids is 1. The number of hydrogen-bond acceptors (Lipinski definition) is 3. The van der Waals surface area contributed by atoms with Crippen LogP contribution < -0.4 is 5.32 Å². The fourth-order valence-electron chi connectivity index (χ4n) is 3.26. The van der Waals surface area contributed by atoms with E-state index in [1.165, 1.54) is 32.1 Å². The maximum absolute atomic E-state index is 12.5. The fourth-order valence-corrected chi connectivity index (χ4v) is 3.26. The summed E-state index contributed by atoms with van der Waals surface area (Å²) in [4.78, 5) is 18.2. The highest BCUT2D eigenvalue weighted by Crippen LogP contribution is 2.26. The third kappa shape index (κ3) is 5.82. The van der Waals surface area contributed by atoms with Crippen molar-refractivity contribution in [1.29, 1.82) is 0 Å². The lowest BCUT2D eigenvalue weighted by atomic mass is 9.87. The van der Waals surface area contributed by atoms with Crippen LogP contribution in [0.2, 0.25) is 0 Å². The molecule has 1 aromatic rings. The van der Waals surface area contributed by atoms with Crippen molar-refractivity contribution in [1.82, 2.24) is 15.2 Å². The van der Waals surface area contributed by atoms with Gasteiger partial charge in [0.15, 0.2) is 0 Å². The molecule has 128 valence electrons. The van der Waals surface area contributed by atoms with Gasteiger partial charge in [-0.1, -0.05) is 32.1 Å². The van der Waals surface area contributed by atoms with Crippen LogP contribution in [0.1, 0.15) is 57.1 Å². The quantitative estimate of drug-likeness (QED) is 0.811. The summed E-state index contributed by atoms with van der Waals surface area (Å²) in [6, 6.07) is 3.65. The maximum Gasteiger partial charge on any atom is 0.317 e. The standard InChI is InChI=1S/C18H29N3O2/c1-15(17-7-10-19-11-8-17)20-18(23)21(13-14-22)12-9-16-5-3-2-4-6-16/h7-8,10-11,15-16,22H,2-6,9,12-14H2,1H3,(H,20,23)/t15-/m1/s1. The predicted octanol–water partition coefficient (Wildman–Crippen LogP) is 3.12. The molecular formula is C18H29N3O2. The monoisotopic (exact) mass is 319 g/mol. The van der Waals surface area contributed by atoms with E-state index in [1.54, 1.807) is 17.3 Å². The van der Waals surface area contributed by atoms with Crippen molar-refractivity contribution in [2.75, 3.05) is 19.7 Å². The van der Waals surface area contributed by atoms with Gasteiger partial charge < -0.3 is 15.3 Å². The number of rotatable bonds is 7. The van der Waals surface area contributed by atoms with Crippen LogP contribution in [-0.4, -0.2) is 40.7 Å². The van der Waals surface area contributed by atoms with Gasteiger partial charge in [-0.25, -0.2) is 4.79 Å². The van der Waals surface area contributed by atoms with Crippen molar-refractivity contribution < 1.29 is 9.90 Å². The predicted molar refractivity (Wildman–Crippen MR) is 91.0 cm³/mol. The first kappa shape index (κ1) is 17.7. The number of urea groups is 1. The average Bonchev–Trinajstić information content (AvgIpc) is 2.60. The van der Waals surface area contributed by atoms with Gasteiger partial charge in [0.1, 0.15) is 0 Å². The SMILES string of the molecule is C[C@@H](NC(=O)N(CCO)CCC1CCCCC1)c1ccncc1. The molecule has 0 saturated heterocycles. The highest BCUT2D eigenvalue weighted by atomic mass is 16.3. The van der Waals surface area contributed by atoms with Crippen molar-refractivity contribution in [3.05, 3.63) is 30.1 Å². The Morgan fingerprint density at radius 1 is 1.30 bits per heavy atom. The Balaban J connectivity index is 1.84. The minimum Gasteiger partial charge on any atom is -0.395 e.